The molecule has 1 aliphatic carbocycles. The SMILES string of the molecule is CC(=O)NCC1CC1c1cccc2nc(C(F)(F)F)cn12. The van der Waals surface area contributed by atoms with Gasteiger partial charge in [0, 0.05) is 31.3 Å². The van der Waals surface area contributed by atoms with Crippen LogP contribution in [0.3, 0.4) is 0 Å². The Morgan fingerprint density at radius 1 is 1.48 bits per heavy atom. The van der Waals surface area contributed by atoms with E-state index in [-0.39, 0.29) is 17.7 Å². The number of carbonyl (C=O) groups is 1. The molecule has 112 valence electrons. The highest BCUT2D eigenvalue weighted by atomic mass is 19.4. The van der Waals surface area contributed by atoms with Crippen molar-refractivity contribution in [1.82, 2.24) is 14.7 Å². The van der Waals surface area contributed by atoms with Crippen LogP contribution < -0.4 is 5.32 Å². The van der Waals surface area contributed by atoms with Crippen LogP contribution in [-0.4, -0.2) is 21.8 Å². The van der Waals surface area contributed by atoms with Crippen molar-refractivity contribution in [1.29, 1.82) is 0 Å². The van der Waals surface area contributed by atoms with Crippen molar-refractivity contribution in [2.45, 2.75) is 25.4 Å². The molecule has 0 saturated heterocycles. The molecule has 0 spiro atoms. The highest BCUT2D eigenvalue weighted by molar-refractivity contribution is 5.72. The first-order valence-corrected chi connectivity index (χ1v) is 6.66. The Hall–Kier alpha value is -2.05. The van der Waals surface area contributed by atoms with E-state index in [0.717, 1.165) is 18.3 Å². The van der Waals surface area contributed by atoms with Crippen LogP contribution in [0.2, 0.25) is 0 Å². The molecule has 2 unspecified atom stereocenters. The lowest BCUT2D eigenvalue weighted by Crippen LogP contribution is -2.22. The average molecular weight is 297 g/mol. The van der Waals surface area contributed by atoms with Gasteiger partial charge in [0.05, 0.1) is 0 Å². The van der Waals surface area contributed by atoms with Crippen LogP contribution in [0.5, 0.6) is 0 Å². The molecule has 0 bridgehead atoms. The van der Waals surface area contributed by atoms with Crippen molar-refractivity contribution in [3.05, 3.63) is 35.8 Å². The zero-order chi connectivity index (χ0) is 15.2. The lowest BCUT2D eigenvalue weighted by Gasteiger charge is -2.05. The van der Waals surface area contributed by atoms with Crippen LogP contribution in [-0.2, 0) is 11.0 Å². The van der Waals surface area contributed by atoms with E-state index in [1.807, 2.05) is 6.07 Å². The number of amides is 1. The molecule has 0 aliphatic heterocycles. The number of pyridine rings is 1. The van der Waals surface area contributed by atoms with E-state index in [0.29, 0.717) is 12.2 Å². The molecule has 0 radical (unpaired) electrons. The third-order valence-corrected chi connectivity index (χ3v) is 3.73. The summed E-state index contributed by atoms with van der Waals surface area (Å²) in [5.74, 6) is 0.341. The molecule has 3 rings (SSSR count). The Bertz CT molecular complexity index is 692. The lowest BCUT2D eigenvalue weighted by atomic mass is 10.2. The molecule has 0 aromatic carbocycles. The summed E-state index contributed by atoms with van der Waals surface area (Å²) < 4.78 is 39.7. The fraction of sp³-hybridized carbons (Fsp3) is 0.429. The number of aromatic nitrogens is 2. The highest BCUT2D eigenvalue weighted by Gasteiger charge is 2.40. The first kappa shape index (κ1) is 13.9. The van der Waals surface area contributed by atoms with Gasteiger partial charge in [-0.15, -0.1) is 0 Å². The number of fused-ring (bicyclic) bond motifs is 1. The summed E-state index contributed by atoms with van der Waals surface area (Å²) in [4.78, 5) is 14.5. The first-order chi connectivity index (χ1) is 9.86. The monoisotopic (exact) mass is 297 g/mol. The molecule has 1 fully saturated rings. The number of carbonyl (C=O) groups excluding carboxylic acids is 1. The van der Waals surface area contributed by atoms with Crippen molar-refractivity contribution in [3.8, 4) is 0 Å². The van der Waals surface area contributed by atoms with Crippen LogP contribution in [0, 0.1) is 5.92 Å². The van der Waals surface area contributed by atoms with Crippen molar-refractivity contribution in [3.63, 3.8) is 0 Å². The maximum Gasteiger partial charge on any atom is 0.434 e. The number of alkyl halides is 3. The molecule has 2 heterocycles. The van der Waals surface area contributed by atoms with Gasteiger partial charge in [-0.05, 0) is 24.5 Å². The number of imidazole rings is 1. The van der Waals surface area contributed by atoms with Crippen LogP contribution in [0.4, 0.5) is 13.2 Å². The van der Waals surface area contributed by atoms with Crippen molar-refractivity contribution in [2.75, 3.05) is 6.54 Å². The number of halogens is 3. The van der Waals surface area contributed by atoms with Crippen LogP contribution in [0.25, 0.3) is 5.65 Å². The normalized spacial score (nSPS) is 21.5. The second kappa shape index (κ2) is 4.75. The molecular weight excluding hydrogens is 283 g/mol. The van der Waals surface area contributed by atoms with Crippen LogP contribution >= 0.6 is 0 Å². The van der Waals surface area contributed by atoms with E-state index in [9.17, 15) is 18.0 Å². The van der Waals surface area contributed by atoms with Gasteiger partial charge < -0.3 is 9.72 Å². The fourth-order valence-electron chi connectivity index (χ4n) is 2.58. The summed E-state index contributed by atoms with van der Waals surface area (Å²) in [6.45, 7) is 2.00. The number of nitrogens with one attached hydrogen (secondary N) is 1. The van der Waals surface area contributed by atoms with Gasteiger partial charge in [-0.1, -0.05) is 6.07 Å². The van der Waals surface area contributed by atoms with E-state index < -0.39 is 11.9 Å². The smallest absolute Gasteiger partial charge is 0.356 e. The quantitative estimate of drug-likeness (QED) is 0.946. The van der Waals surface area contributed by atoms with E-state index in [2.05, 4.69) is 10.3 Å². The van der Waals surface area contributed by atoms with Gasteiger partial charge in [0.15, 0.2) is 5.69 Å². The standard InChI is InChI=1S/C14H14F3N3O/c1-8(21)18-6-9-5-10(9)11-3-2-4-13-19-12(7-20(11)13)14(15,16)17/h2-4,7,9-10H,5-6H2,1H3,(H,18,21). The van der Waals surface area contributed by atoms with Gasteiger partial charge in [0.1, 0.15) is 5.65 Å². The molecule has 1 amide bonds. The van der Waals surface area contributed by atoms with Crippen LogP contribution in [0.15, 0.2) is 24.4 Å². The second-order valence-corrected chi connectivity index (χ2v) is 5.34. The number of hydrogen-bond acceptors (Lipinski definition) is 2. The number of hydrogen-bond donors (Lipinski definition) is 1. The first-order valence-electron chi connectivity index (χ1n) is 6.66. The Morgan fingerprint density at radius 2 is 2.24 bits per heavy atom. The summed E-state index contributed by atoms with van der Waals surface area (Å²) in [5, 5.41) is 2.74. The minimum atomic E-state index is -4.44. The van der Waals surface area contributed by atoms with Crippen molar-refractivity contribution < 1.29 is 18.0 Å². The molecule has 21 heavy (non-hydrogen) atoms. The maximum atomic E-state index is 12.7. The van der Waals surface area contributed by atoms with Gasteiger partial charge in [-0.25, -0.2) is 4.98 Å². The summed E-state index contributed by atoms with van der Waals surface area (Å²) in [7, 11) is 0. The second-order valence-electron chi connectivity index (χ2n) is 5.34. The molecule has 4 nitrogen and oxygen atoms in total. The van der Waals surface area contributed by atoms with Gasteiger partial charge in [-0.3, -0.25) is 4.79 Å². The van der Waals surface area contributed by atoms with Crippen molar-refractivity contribution >= 4 is 11.6 Å². The average Bonchev–Trinajstić information content (AvgIpc) is 3.01. The summed E-state index contributed by atoms with van der Waals surface area (Å²) in [5.41, 5.74) is 0.227. The number of rotatable bonds is 3. The van der Waals surface area contributed by atoms with Gasteiger partial charge in [0.25, 0.3) is 0 Å². The molecule has 2 atom stereocenters. The minimum Gasteiger partial charge on any atom is -0.356 e. The molecule has 1 aliphatic rings. The van der Waals surface area contributed by atoms with Gasteiger partial charge in [0.2, 0.25) is 5.91 Å². The lowest BCUT2D eigenvalue weighted by molar-refractivity contribution is -0.140. The topological polar surface area (TPSA) is 46.4 Å². The van der Waals surface area contributed by atoms with E-state index in [1.165, 1.54) is 11.3 Å². The third kappa shape index (κ3) is 2.72. The molecular formula is C14H14F3N3O. The molecule has 7 heteroatoms. The molecule has 2 aromatic heterocycles. The Labute approximate surface area is 119 Å². The number of nitrogens with zero attached hydrogens (tertiary/aromatic N) is 2. The van der Waals surface area contributed by atoms with Crippen molar-refractivity contribution in [2.24, 2.45) is 5.92 Å². The predicted molar refractivity (Wildman–Crippen MR) is 69.7 cm³/mol. The summed E-state index contributed by atoms with van der Waals surface area (Å²) in [6.07, 6.45) is -2.54. The fourth-order valence-corrected chi connectivity index (χ4v) is 2.58. The Kier molecular flexibility index (Phi) is 3.15. The summed E-state index contributed by atoms with van der Waals surface area (Å²) in [6, 6.07) is 5.09. The molecule has 1 saturated carbocycles. The third-order valence-electron chi connectivity index (χ3n) is 3.73. The molecule has 2 aromatic rings. The van der Waals surface area contributed by atoms with E-state index >= 15 is 0 Å². The largest absolute Gasteiger partial charge is 0.434 e. The predicted octanol–water partition coefficient (Wildman–Crippen LogP) is 2.59. The maximum absolute atomic E-state index is 12.7. The molecule has 1 N–H and O–H groups in total. The minimum absolute atomic E-state index is 0.0964. The highest BCUT2D eigenvalue weighted by Crippen LogP contribution is 2.47. The summed E-state index contributed by atoms with van der Waals surface area (Å²) >= 11 is 0. The Morgan fingerprint density at radius 3 is 2.90 bits per heavy atom. The zero-order valence-corrected chi connectivity index (χ0v) is 11.3. The van der Waals surface area contributed by atoms with Gasteiger partial charge >= 0.3 is 6.18 Å². The van der Waals surface area contributed by atoms with Crippen LogP contribution in [0.1, 0.15) is 30.7 Å². The zero-order valence-electron chi connectivity index (χ0n) is 11.3. The van der Waals surface area contributed by atoms with Gasteiger partial charge in [-0.2, -0.15) is 13.2 Å². The van der Waals surface area contributed by atoms with E-state index in [4.69, 9.17) is 0 Å². The Balaban J connectivity index is 1.87. The van der Waals surface area contributed by atoms with E-state index in [1.54, 1.807) is 12.1 Å².